The van der Waals surface area contributed by atoms with Crippen LogP contribution in [0, 0.1) is 0 Å². The van der Waals surface area contributed by atoms with Crippen molar-refractivity contribution >= 4 is 0 Å². The minimum absolute atomic E-state index is 0.457. The van der Waals surface area contributed by atoms with Crippen LogP contribution in [0.2, 0.25) is 0 Å². The summed E-state index contributed by atoms with van der Waals surface area (Å²) in [6.45, 7) is 4.31. The average molecular weight is 233 g/mol. The summed E-state index contributed by atoms with van der Waals surface area (Å²) in [7, 11) is 2.20. The molecule has 2 heteroatoms. The summed E-state index contributed by atoms with van der Waals surface area (Å²) in [5, 5.41) is 0. The Kier molecular flexibility index (Phi) is 4.57. The molecule has 1 heterocycles. The topological polar surface area (TPSA) is 12.5 Å². The van der Waals surface area contributed by atoms with Gasteiger partial charge in [0, 0.05) is 19.2 Å². The minimum Gasteiger partial charge on any atom is -0.377 e. The maximum Gasteiger partial charge on any atom is 0.0702 e. The van der Waals surface area contributed by atoms with Crippen molar-refractivity contribution in [2.24, 2.45) is 0 Å². The molecule has 0 aromatic heterocycles. The minimum atomic E-state index is 0.457. The molecule has 1 aromatic carbocycles. The molecule has 2 atom stereocenters. The Morgan fingerprint density at radius 3 is 2.76 bits per heavy atom. The van der Waals surface area contributed by atoms with Crippen molar-refractivity contribution in [3.8, 4) is 0 Å². The highest BCUT2D eigenvalue weighted by Crippen LogP contribution is 2.15. The molecular weight excluding hydrogens is 210 g/mol. The predicted octanol–water partition coefficient (Wildman–Crippen LogP) is 2.73. The lowest BCUT2D eigenvalue weighted by Gasteiger charge is -2.27. The van der Waals surface area contributed by atoms with Gasteiger partial charge in [0.05, 0.1) is 6.10 Å². The molecule has 0 bridgehead atoms. The van der Waals surface area contributed by atoms with E-state index in [9.17, 15) is 0 Å². The lowest BCUT2D eigenvalue weighted by atomic mass is 10.1. The molecule has 0 N–H and O–H groups in total. The number of hydrogen-bond donors (Lipinski definition) is 0. The molecule has 1 saturated heterocycles. The molecule has 0 saturated carbocycles. The van der Waals surface area contributed by atoms with Crippen molar-refractivity contribution in [1.82, 2.24) is 4.90 Å². The lowest BCUT2D eigenvalue weighted by molar-refractivity contribution is 0.0704. The van der Waals surface area contributed by atoms with Gasteiger partial charge in [-0.3, -0.25) is 0 Å². The molecule has 0 radical (unpaired) electrons. The van der Waals surface area contributed by atoms with Crippen LogP contribution in [0.3, 0.4) is 0 Å². The van der Waals surface area contributed by atoms with Crippen molar-refractivity contribution in [2.45, 2.75) is 38.3 Å². The fourth-order valence-corrected chi connectivity index (χ4v) is 2.40. The van der Waals surface area contributed by atoms with E-state index in [2.05, 4.69) is 49.2 Å². The Bertz CT molecular complexity index is 319. The molecule has 17 heavy (non-hydrogen) atoms. The summed E-state index contributed by atoms with van der Waals surface area (Å²) in [5.41, 5.74) is 1.42. The summed E-state index contributed by atoms with van der Waals surface area (Å²) >= 11 is 0. The molecule has 2 nitrogen and oxygen atoms in total. The molecule has 2 rings (SSSR count). The van der Waals surface area contributed by atoms with Crippen LogP contribution in [0.5, 0.6) is 0 Å². The first-order valence-electron chi connectivity index (χ1n) is 6.61. The Labute approximate surface area is 105 Å². The van der Waals surface area contributed by atoms with Gasteiger partial charge in [0.2, 0.25) is 0 Å². The van der Waals surface area contributed by atoms with E-state index < -0.39 is 0 Å². The molecule has 2 unspecified atom stereocenters. The zero-order valence-electron chi connectivity index (χ0n) is 10.9. The number of hydrogen-bond acceptors (Lipinski definition) is 2. The number of likely N-dealkylation sites (N-methyl/N-ethyl adjacent to an activating group) is 1. The summed E-state index contributed by atoms with van der Waals surface area (Å²) in [5.74, 6) is 0. The van der Waals surface area contributed by atoms with Gasteiger partial charge in [-0.1, -0.05) is 30.3 Å². The fraction of sp³-hybridized carbons (Fsp3) is 0.600. The van der Waals surface area contributed by atoms with Gasteiger partial charge in [0.1, 0.15) is 0 Å². The van der Waals surface area contributed by atoms with Crippen LogP contribution in [0.25, 0.3) is 0 Å². The Morgan fingerprint density at radius 2 is 2.12 bits per heavy atom. The summed E-state index contributed by atoms with van der Waals surface area (Å²) in [4.78, 5) is 2.42. The highest BCUT2D eigenvalue weighted by molar-refractivity contribution is 5.15. The monoisotopic (exact) mass is 233 g/mol. The van der Waals surface area contributed by atoms with Crippen LogP contribution in [0.15, 0.2) is 30.3 Å². The zero-order valence-corrected chi connectivity index (χ0v) is 10.9. The Morgan fingerprint density at radius 1 is 1.35 bits per heavy atom. The van der Waals surface area contributed by atoms with Crippen LogP contribution in [-0.2, 0) is 11.2 Å². The Balaban J connectivity index is 1.80. The number of benzene rings is 1. The number of nitrogens with zero attached hydrogens (tertiary/aromatic N) is 1. The maximum absolute atomic E-state index is 5.68. The highest BCUT2D eigenvalue weighted by atomic mass is 16.5. The van der Waals surface area contributed by atoms with E-state index in [0.717, 1.165) is 19.6 Å². The van der Waals surface area contributed by atoms with E-state index in [1.807, 2.05) is 0 Å². The lowest BCUT2D eigenvalue weighted by Crippen LogP contribution is -2.36. The van der Waals surface area contributed by atoms with E-state index in [-0.39, 0.29) is 0 Å². The Hall–Kier alpha value is -0.860. The smallest absolute Gasteiger partial charge is 0.0702 e. The van der Waals surface area contributed by atoms with Crippen molar-refractivity contribution in [3.63, 3.8) is 0 Å². The van der Waals surface area contributed by atoms with Gasteiger partial charge < -0.3 is 9.64 Å². The van der Waals surface area contributed by atoms with E-state index in [1.54, 1.807) is 0 Å². The molecule has 94 valence electrons. The van der Waals surface area contributed by atoms with Crippen LogP contribution < -0.4 is 0 Å². The van der Waals surface area contributed by atoms with E-state index in [1.165, 1.54) is 18.4 Å². The third-order valence-electron chi connectivity index (χ3n) is 3.64. The van der Waals surface area contributed by atoms with Gasteiger partial charge in [-0.05, 0) is 38.8 Å². The van der Waals surface area contributed by atoms with E-state index >= 15 is 0 Å². The van der Waals surface area contributed by atoms with E-state index in [0.29, 0.717) is 12.1 Å². The van der Waals surface area contributed by atoms with Gasteiger partial charge in [-0.25, -0.2) is 0 Å². The second kappa shape index (κ2) is 6.18. The molecule has 0 aliphatic carbocycles. The second-order valence-corrected chi connectivity index (χ2v) is 5.11. The van der Waals surface area contributed by atoms with Crippen LogP contribution in [-0.4, -0.2) is 37.2 Å². The van der Waals surface area contributed by atoms with Crippen molar-refractivity contribution < 1.29 is 4.74 Å². The van der Waals surface area contributed by atoms with E-state index in [4.69, 9.17) is 4.74 Å². The first-order chi connectivity index (χ1) is 8.25. The highest BCUT2D eigenvalue weighted by Gasteiger charge is 2.19. The quantitative estimate of drug-likeness (QED) is 0.775. The molecule has 1 aliphatic rings. The van der Waals surface area contributed by atoms with Crippen LogP contribution in [0.4, 0.5) is 0 Å². The van der Waals surface area contributed by atoms with Crippen molar-refractivity contribution in [2.75, 3.05) is 20.2 Å². The van der Waals surface area contributed by atoms with Crippen LogP contribution in [0.1, 0.15) is 25.3 Å². The SMILES string of the molecule is CC(Cc1ccccc1)N(C)CC1CCCO1. The normalized spacial score (nSPS) is 21.9. The third kappa shape index (κ3) is 3.83. The molecule has 1 fully saturated rings. The first-order valence-corrected chi connectivity index (χ1v) is 6.61. The maximum atomic E-state index is 5.68. The fourth-order valence-electron chi connectivity index (χ4n) is 2.40. The van der Waals surface area contributed by atoms with Gasteiger partial charge in [0.25, 0.3) is 0 Å². The van der Waals surface area contributed by atoms with Crippen molar-refractivity contribution in [3.05, 3.63) is 35.9 Å². The third-order valence-corrected chi connectivity index (χ3v) is 3.64. The summed E-state index contributed by atoms with van der Waals surface area (Å²) < 4.78 is 5.68. The van der Waals surface area contributed by atoms with Crippen molar-refractivity contribution in [1.29, 1.82) is 0 Å². The van der Waals surface area contributed by atoms with Gasteiger partial charge in [0.15, 0.2) is 0 Å². The molecule has 0 spiro atoms. The first kappa shape index (κ1) is 12.6. The average Bonchev–Trinajstić information content (AvgIpc) is 2.83. The standard InChI is InChI=1S/C15H23NO/c1-13(11-14-7-4-3-5-8-14)16(2)12-15-9-6-10-17-15/h3-5,7-8,13,15H,6,9-12H2,1-2H3. The summed E-state index contributed by atoms with van der Waals surface area (Å²) in [6.07, 6.45) is 4.02. The summed E-state index contributed by atoms with van der Waals surface area (Å²) in [6, 6.07) is 11.3. The largest absolute Gasteiger partial charge is 0.377 e. The van der Waals surface area contributed by atoms with Gasteiger partial charge in [-0.15, -0.1) is 0 Å². The van der Waals surface area contributed by atoms with Gasteiger partial charge >= 0.3 is 0 Å². The molecule has 1 aromatic rings. The van der Waals surface area contributed by atoms with Crippen LogP contribution >= 0.6 is 0 Å². The zero-order chi connectivity index (χ0) is 12.1. The molecule has 1 aliphatic heterocycles. The number of rotatable bonds is 5. The molecule has 0 amide bonds. The second-order valence-electron chi connectivity index (χ2n) is 5.11. The number of ether oxygens (including phenoxy) is 1. The van der Waals surface area contributed by atoms with Gasteiger partial charge in [-0.2, -0.15) is 0 Å². The predicted molar refractivity (Wildman–Crippen MR) is 71.2 cm³/mol. The molecular formula is C15H23NO.